The molecule has 1 saturated carbocycles. The lowest BCUT2D eigenvalue weighted by molar-refractivity contribution is 0.0956. The normalized spacial score (nSPS) is 20.6. The van der Waals surface area contributed by atoms with Crippen molar-refractivity contribution < 1.29 is 5.11 Å². The minimum Gasteiger partial charge on any atom is -0.391 e. The average molecular weight is 581 g/mol. The molecule has 0 amide bonds. The van der Waals surface area contributed by atoms with Gasteiger partial charge in [-0.3, -0.25) is 4.68 Å². The highest BCUT2D eigenvalue weighted by molar-refractivity contribution is 5.99. The number of nitrogens with zero attached hydrogens (tertiary/aromatic N) is 5. The van der Waals surface area contributed by atoms with Gasteiger partial charge in [0.25, 0.3) is 0 Å². The van der Waals surface area contributed by atoms with Crippen LogP contribution in [0.4, 0.5) is 5.82 Å². The lowest BCUT2D eigenvalue weighted by Gasteiger charge is -2.20. The second-order valence-electron chi connectivity index (χ2n) is 11.4. The number of aliphatic hydroxyl groups excluding tert-OH is 1. The van der Waals surface area contributed by atoms with E-state index in [1.165, 1.54) is 17.5 Å². The van der Waals surface area contributed by atoms with Crippen molar-refractivity contribution in [2.75, 3.05) is 31.9 Å². The third-order valence-electron chi connectivity index (χ3n) is 8.62. The molecular formula is C34H44N8O. The van der Waals surface area contributed by atoms with Crippen molar-refractivity contribution in [2.24, 2.45) is 11.8 Å². The number of aliphatic hydroxyl groups is 1. The van der Waals surface area contributed by atoms with Crippen molar-refractivity contribution >= 4 is 16.9 Å². The van der Waals surface area contributed by atoms with Crippen molar-refractivity contribution in [3.63, 3.8) is 0 Å². The zero-order chi connectivity index (χ0) is 30.2. The molecular weight excluding hydrogens is 536 g/mol. The SMILES string of the molecule is C=C/C=C(\C=C)CCNCCCNC[C@H]1C[C@@H](n2cc(-c3ccn(Cc4ccccc4)n3)c3c(N)ncnc32)[C@H](O)[C@@H]1C. The monoisotopic (exact) mass is 580 g/mol. The first kappa shape index (κ1) is 30.4. The number of nitrogens with one attached hydrogen (secondary N) is 2. The van der Waals surface area contributed by atoms with Crippen molar-refractivity contribution in [3.05, 3.63) is 97.6 Å². The van der Waals surface area contributed by atoms with E-state index in [1.54, 1.807) is 6.08 Å². The summed E-state index contributed by atoms with van der Waals surface area (Å²) in [7, 11) is 0. The van der Waals surface area contributed by atoms with E-state index in [2.05, 4.69) is 63.6 Å². The Morgan fingerprint density at radius 3 is 2.72 bits per heavy atom. The van der Waals surface area contributed by atoms with E-state index in [-0.39, 0.29) is 12.0 Å². The van der Waals surface area contributed by atoms with Gasteiger partial charge < -0.3 is 26.0 Å². The fourth-order valence-corrected chi connectivity index (χ4v) is 6.15. The Hall–Kier alpha value is -4.05. The second kappa shape index (κ2) is 14.4. The zero-order valence-electron chi connectivity index (χ0n) is 25.1. The Morgan fingerprint density at radius 1 is 1.12 bits per heavy atom. The molecule has 3 aromatic heterocycles. The summed E-state index contributed by atoms with van der Waals surface area (Å²) in [6, 6.07) is 12.1. The van der Waals surface area contributed by atoms with Gasteiger partial charge in [0, 0.05) is 18.0 Å². The molecule has 9 heteroatoms. The number of hydrogen-bond acceptors (Lipinski definition) is 7. The van der Waals surface area contributed by atoms with E-state index in [1.807, 2.05) is 47.3 Å². The fraction of sp³-hybridized carbons (Fsp3) is 0.382. The van der Waals surface area contributed by atoms with Gasteiger partial charge in [0.15, 0.2) is 0 Å². The quantitative estimate of drug-likeness (QED) is 0.118. The third-order valence-corrected chi connectivity index (χ3v) is 8.62. The molecule has 0 bridgehead atoms. The maximum Gasteiger partial charge on any atom is 0.146 e. The third kappa shape index (κ3) is 7.13. The summed E-state index contributed by atoms with van der Waals surface area (Å²) < 4.78 is 4.03. The van der Waals surface area contributed by atoms with Crippen molar-refractivity contribution in [1.29, 1.82) is 0 Å². The van der Waals surface area contributed by atoms with Crippen LogP contribution >= 0.6 is 0 Å². The molecule has 0 aliphatic heterocycles. The summed E-state index contributed by atoms with van der Waals surface area (Å²) >= 11 is 0. The van der Waals surface area contributed by atoms with Crippen LogP contribution in [0.3, 0.4) is 0 Å². The van der Waals surface area contributed by atoms with Crippen LogP contribution in [0.15, 0.2) is 92.1 Å². The second-order valence-corrected chi connectivity index (χ2v) is 11.4. The Balaban J connectivity index is 1.21. The predicted molar refractivity (Wildman–Crippen MR) is 174 cm³/mol. The van der Waals surface area contributed by atoms with Crippen LogP contribution in [0.1, 0.15) is 37.8 Å². The number of hydrogen-bond donors (Lipinski definition) is 4. The molecule has 1 aromatic carbocycles. The van der Waals surface area contributed by atoms with E-state index in [0.717, 1.165) is 67.7 Å². The van der Waals surface area contributed by atoms with Crippen LogP contribution in [0, 0.1) is 11.8 Å². The standard InChI is InChI=1S/C34H44N8O/c1-4-10-25(5-2)13-17-36-15-9-16-37-20-27-19-30(32(43)24(27)3)42-22-28(31-33(35)38-23-39-34(31)42)29-14-18-41(40-29)21-26-11-7-6-8-12-26/h4-8,10-12,14,18,22-24,27,30,32,36-37,43H,1-2,9,13,15-17,19-21H2,3H3,(H2,35,38,39)/b25-10+/t24-,27-,30-,32-/m1/s1. The van der Waals surface area contributed by atoms with Crippen LogP contribution in [-0.4, -0.2) is 61.7 Å². The van der Waals surface area contributed by atoms with E-state index in [4.69, 9.17) is 10.8 Å². The molecule has 9 nitrogen and oxygen atoms in total. The lowest BCUT2D eigenvalue weighted by Crippen LogP contribution is -2.29. The van der Waals surface area contributed by atoms with Gasteiger partial charge in [-0.15, -0.1) is 0 Å². The van der Waals surface area contributed by atoms with Crippen LogP contribution < -0.4 is 16.4 Å². The highest BCUT2D eigenvalue weighted by atomic mass is 16.3. The first-order chi connectivity index (χ1) is 21.0. The molecule has 3 heterocycles. The maximum atomic E-state index is 11.4. The summed E-state index contributed by atoms with van der Waals surface area (Å²) in [4.78, 5) is 8.90. The Morgan fingerprint density at radius 2 is 1.93 bits per heavy atom. The van der Waals surface area contributed by atoms with Gasteiger partial charge in [-0.25, -0.2) is 9.97 Å². The Labute approximate surface area is 254 Å². The number of rotatable bonds is 15. The number of aromatic nitrogens is 5. The van der Waals surface area contributed by atoms with Gasteiger partial charge in [0.1, 0.15) is 17.8 Å². The van der Waals surface area contributed by atoms with Gasteiger partial charge in [0.05, 0.1) is 29.8 Å². The molecule has 1 aliphatic rings. The molecule has 0 spiro atoms. The summed E-state index contributed by atoms with van der Waals surface area (Å²) in [6.07, 6.45) is 13.6. The van der Waals surface area contributed by atoms with Gasteiger partial charge in [-0.05, 0) is 74.5 Å². The van der Waals surface area contributed by atoms with Gasteiger partial charge >= 0.3 is 0 Å². The minimum atomic E-state index is -0.494. The number of nitrogens with two attached hydrogens (primary N) is 1. The molecule has 5 rings (SSSR count). The van der Waals surface area contributed by atoms with E-state index < -0.39 is 6.10 Å². The van der Waals surface area contributed by atoms with E-state index >= 15 is 0 Å². The average Bonchev–Trinajstić information content (AvgIpc) is 3.71. The number of fused-ring (bicyclic) bond motifs is 1. The van der Waals surface area contributed by atoms with Gasteiger partial charge in [-0.2, -0.15) is 5.10 Å². The number of allylic oxidation sites excluding steroid dienone is 3. The summed E-state index contributed by atoms with van der Waals surface area (Å²) in [5.41, 5.74) is 11.2. The van der Waals surface area contributed by atoms with Crippen LogP contribution in [0.25, 0.3) is 22.3 Å². The highest BCUT2D eigenvalue weighted by Gasteiger charge is 2.41. The summed E-state index contributed by atoms with van der Waals surface area (Å²) in [5.74, 6) is 0.910. The molecule has 43 heavy (non-hydrogen) atoms. The molecule has 1 aliphatic carbocycles. The molecule has 1 fully saturated rings. The zero-order valence-corrected chi connectivity index (χ0v) is 25.1. The largest absolute Gasteiger partial charge is 0.391 e. The van der Waals surface area contributed by atoms with Crippen LogP contribution in [0.5, 0.6) is 0 Å². The Bertz CT molecular complexity index is 1540. The molecule has 0 saturated heterocycles. The maximum absolute atomic E-state index is 11.4. The Kier molecular flexibility index (Phi) is 10.2. The smallest absolute Gasteiger partial charge is 0.146 e. The highest BCUT2D eigenvalue weighted by Crippen LogP contribution is 2.43. The first-order valence-corrected chi connectivity index (χ1v) is 15.2. The fourth-order valence-electron chi connectivity index (χ4n) is 6.15. The van der Waals surface area contributed by atoms with Crippen LogP contribution in [0.2, 0.25) is 0 Å². The lowest BCUT2D eigenvalue weighted by atomic mass is 9.97. The molecule has 0 unspecified atom stereocenters. The molecule has 5 N–H and O–H groups in total. The minimum absolute atomic E-state index is 0.108. The number of nitrogen functional groups attached to an aromatic ring is 1. The molecule has 0 radical (unpaired) electrons. The number of benzene rings is 1. The van der Waals surface area contributed by atoms with Gasteiger partial charge in [0.2, 0.25) is 0 Å². The topological polar surface area (TPSA) is 119 Å². The molecule has 226 valence electrons. The predicted octanol–water partition coefficient (Wildman–Crippen LogP) is 4.74. The first-order valence-electron chi connectivity index (χ1n) is 15.2. The van der Waals surface area contributed by atoms with E-state index in [0.29, 0.717) is 18.3 Å². The number of anilines is 1. The van der Waals surface area contributed by atoms with Crippen LogP contribution in [-0.2, 0) is 6.54 Å². The summed E-state index contributed by atoms with van der Waals surface area (Å²) in [5, 5.41) is 24.1. The van der Waals surface area contributed by atoms with Crippen molar-refractivity contribution in [3.8, 4) is 11.3 Å². The van der Waals surface area contributed by atoms with Gasteiger partial charge in [-0.1, -0.05) is 68.6 Å². The van der Waals surface area contributed by atoms with Crippen molar-refractivity contribution in [1.82, 2.24) is 34.9 Å². The summed E-state index contributed by atoms with van der Waals surface area (Å²) in [6.45, 7) is 14.1. The molecule has 4 aromatic rings. The molecule has 4 atom stereocenters. The van der Waals surface area contributed by atoms with E-state index in [9.17, 15) is 5.11 Å². The van der Waals surface area contributed by atoms with Crippen molar-refractivity contribution in [2.45, 2.75) is 44.9 Å².